The molecule has 4 rings (SSSR count). The summed E-state index contributed by atoms with van der Waals surface area (Å²) in [6, 6.07) is 3.86. The van der Waals surface area contributed by atoms with Crippen LogP contribution in [-0.4, -0.2) is 56.6 Å². The van der Waals surface area contributed by atoms with E-state index in [9.17, 15) is 4.79 Å². The van der Waals surface area contributed by atoms with Gasteiger partial charge >= 0.3 is 0 Å². The molecule has 1 aromatic carbocycles. The summed E-state index contributed by atoms with van der Waals surface area (Å²) in [6.45, 7) is 2.78. The lowest BCUT2D eigenvalue weighted by Crippen LogP contribution is -2.30. The molecule has 0 spiro atoms. The minimum Gasteiger partial charge on any atom is -0.493 e. The highest BCUT2D eigenvalue weighted by molar-refractivity contribution is 7.10. The van der Waals surface area contributed by atoms with E-state index in [0.717, 1.165) is 43.6 Å². The van der Waals surface area contributed by atoms with Crippen molar-refractivity contribution in [3.05, 3.63) is 50.8 Å². The maximum atomic E-state index is 12.8. The first-order valence-corrected chi connectivity index (χ1v) is 12.5. The average Bonchev–Trinajstić information content (AvgIpc) is 3.16. The van der Waals surface area contributed by atoms with Crippen LogP contribution in [0.15, 0.2) is 23.7 Å². The number of ether oxygens (including phenoxy) is 2. The minimum absolute atomic E-state index is 0.125. The summed E-state index contributed by atoms with van der Waals surface area (Å²) in [4.78, 5) is 18.7. The zero-order chi connectivity index (χ0) is 22.5. The molecule has 1 aromatic heterocycles. The van der Waals surface area contributed by atoms with Gasteiger partial charge in [0, 0.05) is 24.2 Å². The maximum absolute atomic E-state index is 12.8. The molecule has 2 aromatic rings. The number of amides is 1. The average molecular weight is 455 g/mol. The molecule has 1 aliphatic heterocycles. The second kappa shape index (κ2) is 10.5. The Balaban J connectivity index is 1.27. The minimum atomic E-state index is 0.125. The number of methoxy groups -OCH3 is 2. The van der Waals surface area contributed by atoms with E-state index in [4.69, 9.17) is 9.47 Å². The molecule has 0 saturated heterocycles. The van der Waals surface area contributed by atoms with Crippen molar-refractivity contribution in [1.82, 2.24) is 9.80 Å². The Labute approximate surface area is 195 Å². The highest BCUT2D eigenvalue weighted by Gasteiger charge is 2.20. The first-order chi connectivity index (χ1) is 15.6. The topological polar surface area (TPSA) is 42.0 Å². The van der Waals surface area contributed by atoms with Crippen molar-refractivity contribution in [3.8, 4) is 11.5 Å². The number of nitrogens with zero attached hydrogens (tertiary/aromatic N) is 2. The van der Waals surface area contributed by atoms with E-state index in [-0.39, 0.29) is 5.91 Å². The Morgan fingerprint density at radius 2 is 1.88 bits per heavy atom. The molecular formula is C26H34N2O3S. The van der Waals surface area contributed by atoms with Gasteiger partial charge in [0.1, 0.15) is 0 Å². The lowest BCUT2D eigenvalue weighted by Gasteiger charge is -2.21. The summed E-state index contributed by atoms with van der Waals surface area (Å²) >= 11 is 1.96. The Kier molecular flexibility index (Phi) is 7.53. The van der Waals surface area contributed by atoms with Gasteiger partial charge in [-0.25, -0.2) is 0 Å². The molecule has 0 unspecified atom stereocenters. The molecular weight excluding hydrogens is 420 g/mol. The number of rotatable bonds is 9. The normalized spacial score (nSPS) is 15.5. The van der Waals surface area contributed by atoms with Crippen molar-refractivity contribution in [2.45, 2.75) is 44.9 Å². The van der Waals surface area contributed by atoms with E-state index >= 15 is 0 Å². The lowest BCUT2D eigenvalue weighted by molar-refractivity contribution is -0.127. The van der Waals surface area contributed by atoms with Gasteiger partial charge in [0.2, 0.25) is 5.91 Å². The van der Waals surface area contributed by atoms with Gasteiger partial charge in [-0.1, -0.05) is 0 Å². The molecule has 2 aliphatic rings. The molecule has 0 radical (unpaired) electrons. The standard InChI is InChI=1S/C26H34N2O3S/c1-27(13-9-20-18-32-25-8-5-4-7-22(20)25)11-6-12-28-14-10-19-15-23(30-2)24(31-3)16-21(19)17-26(28)29/h10,14-16,18H,4-9,11-13,17H2,1-3H3. The summed E-state index contributed by atoms with van der Waals surface area (Å²) in [5.41, 5.74) is 5.19. The van der Waals surface area contributed by atoms with E-state index in [1.165, 1.54) is 25.7 Å². The highest BCUT2D eigenvalue weighted by atomic mass is 32.1. The Hall–Kier alpha value is -2.31. The molecule has 0 saturated carbocycles. The molecule has 1 aliphatic carbocycles. The van der Waals surface area contributed by atoms with Crippen molar-refractivity contribution in [2.24, 2.45) is 0 Å². The van der Waals surface area contributed by atoms with E-state index < -0.39 is 0 Å². The number of thiophene rings is 1. The molecule has 6 heteroatoms. The van der Waals surface area contributed by atoms with E-state index in [1.54, 1.807) is 30.2 Å². The smallest absolute Gasteiger partial charge is 0.230 e. The monoisotopic (exact) mass is 454 g/mol. The van der Waals surface area contributed by atoms with Crippen molar-refractivity contribution in [1.29, 1.82) is 0 Å². The predicted molar refractivity (Wildman–Crippen MR) is 131 cm³/mol. The van der Waals surface area contributed by atoms with Gasteiger partial charge < -0.3 is 19.3 Å². The summed E-state index contributed by atoms with van der Waals surface area (Å²) in [7, 11) is 5.44. The van der Waals surface area contributed by atoms with Gasteiger partial charge in [0.15, 0.2) is 11.5 Å². The fourth-order valence-electron chi connectivity index (χ4n) is 4.67. The lowest BCUT2D eigenvalue weighted by atomic mass is 9.95. The molecule has 2 heterocycles. The number of fused-ring (bicyclic) bond motifs is 2. The Morgan fingerprint density at radius 3 is 2.69 bits per heavy atom. The van der Waals surface area contributed by atoms with Gasteiger partial charge in [-0.05, 0) is 98.0 Å². The Bertz CT molecular complexity index is 982. The number of likely N-dealkylation sites (N-methyl/N-ethyl adjacent to an activating group) is 1. The SMILES string of the molecule is COc1cc2c(cc1OC)CC(=O)N(CCCN(C)CCc1csc3c1CCCC3)C=C2. The fourth-order valence-corrected chi connectivity index (χ4v) is 5.85. The van der Waals surface area contributed by atoms with Crippen LogP contribution in [0.3, 0.4) is 0 Å². The van der Waals surface area contributed by atoms with E-state index in [0.29, 0.717) is 17.9 Å². The maximum Gasteiger partial charge on any atom is 0.230 e. The number of aryl methyl sites for hydroxylation is 1. The second-order valence-electron chi connectivity index (χ2n) is 8.76. The third kappa shape index (κ3) is 5.18. The first kappa shape index (κ1) is 22.9. The van der Waals surface area contributed by atoms with Crippen molar-refractivity contribution < 1.29 is 14.3 Å². The fraction of sp³-hybridized carbons (Fsp3) is 0.500. The van der Waals surface area contributed by atoms with Crippen LogP contribution >= 0.6 is 11.3 Å². The van der Waals surface area contributed by atoms with Gasteiger partial charge in [0.05, 0.1) is 20.6 Å². The van der Waals surface area contributed by atoms with Gasteiger partial charge in [-0.2, -0.15) is 0 Å². The molecule has 0 N–H and O–H groups in total. The third-order valence-electron chi connectivity index (χ3n) is 6.59. The van der Waals surface area contributed by atoms with E-state index in [1.807, 2.05) is 40.6 Å². The van der Waals surface area contributed by atoms with Gasteiger partial charge in [-0.15, -0.1) is 11.3 Å². The summed E-state index contributed by atoms with van der Waals surface area (Å²) in [5.74, 6) is 1.47. The number of hydrogen-bond donors (Lipinski definition) is 0. The highest BCUT2D eigenvalue weighted by Crippen LogP contribution is 2.33. The van der Waals surface area contributed by atoms with Crippen molar-refractivity contribution >= 4 is 23.3 Å². The molecule has 0 bridgehead atoms. The summed E-state index contributed by atoms with van der Waals surface area (Å²) < 4.78 is 10.8. The van der Waals surface area contributed by atoms with Gasteiger partial charge in [0.25, 0.3) is 0 Å². The molecule has 5 nitrogen and oxygen atoms in total. The second-order valence-corrected chi connectivity index (χ2v) is 9.73. The zero-order valence-electron chi connectivity index (χ0n) is 19.5. The third-order valence-corrected chi connectivity index (χ3v) is 7.73. The molecule has 1 amide bonds. The van der Waals surface area contributed by atoms with Crippen LogP contribution in [0.2, 0.25) is 0 Å². The van der Waals surface area contributed by atoms with Crippen LogP contribution in [-0.2, 0) is 30.5 Å². The first-order valence-electron chi connectivity index (χ1n) is 11.6. The number of hydrogen-bond acceptors (Lipinski definition) is 5. The van der Waals surface area contributed by atoms with Crippen LogP contribution in [0.1, 0.15) is 46.4 Å². The Morgan fingerprint density at radius 1 is 1.09 bits per heavy atom. The summed E-state index contributed by atoms with van der Waals surface area (Å²) in [6.07, 6.45) is 11.6. The molecule has 172 valence electrons. The van der Waals surface area contributed by atoms with Gasteiger partial charge in [-0.3, -0.25) is 4.79 Å². The quantitative estimate of drug-likeness (QED) is 0.557. The number of carbonyl (C=O) groups excluding carboxylic acids is 1. The molecule has 32 heavy (non-hydrogen) atoms. The van der Waals surface area contributed by atoms with Crippen LogP contribution in [0, 0.1) is 0 Å². The summed E-state index contributed by atoms with van der Waals surface area (Å²) in [5, 5.41) is 2.38. The number of carbonyl (C=O) groups is 1. The number of benzene rings is 1. The van der Waals surface area contributed by atoms with Crippen molar-refractivity contribution in [2.75, 3.05) is 40.9 Å². The molecule has 0 fully saturated rings. The molecule has 0 atom stereocenters. The van der Waals surface area contributed by atoms with Crippen LogP contribution < -0.4 is 9.47 Å². The van der Waals surface area contributed by atoms with Crippen LogP contribution in [0.25, 0.3) is 6.08 Å². The largest absolute Gasteiger partial charge is 0.493 e. The van der Waals surface area contributed by atoms with Crippen molar-refractivity contribution in [3.63, 3.8) is 0 Å². The van der Waals surface area contributed by atoms with E-state index in [2.05, 4.69) is 17.3 Å². The van der Waals surface area contributed by atoms with Crippen LogP contribution in [0.5, 0.6) is 11.5 Å². The van der Waals surface area contributed by atoms with Crippen LogP contribution in [0.4, 0.5) is 0 Å². The predicted octanol–water partition coefficient (Wildman–Crippen LogP) is 4.56. The zero-order valence-corrected chi connectivity index (χ0v) is 20.3.